The van der Waals surface area contributed by atoms with Crippen molar-refractivity contribution in [3.8, 4) is 0 Å². The summed E-state index contributed by atoms with van der Waals surface area (Å²) in [6, 6.07) is 5.74. The molecule has 0 atom stereocenters. The molecule has 1 aromatic rings. The molecule has 0 unspecified atom stereocenters. The van der Waals surface area contributed by atoms with Crippen molar-refractivity contribution < 1.29 is 14.1 Å². The second-order valence-corrected chi connectivity index (χ2v) is 6.17. The summed E-state index contributed by atoms with van der Waals surface area (Å²) in [5.41, 5.74) is 1.80. The lowest BCUT2D eigenvalue weighted by atomic mass is 9.78. The van der Waals surface area contributed by atoms with E-state index in [1.54, 1.807) is 0 Å². The maximum Gasteiger partial charge on any atom is 0.494 e. The van der Waals surface area contributed by atoms with E-state index in [0.29, 0.717) is 6.54 Å². The molecule has 0 aliphatic carbocycles. The molecule has 0 bridgehead atoms. The summed E-state index contributed by atoms with van der Waals surface area (Å²) in [5, 5.41) is 3.07. The third-order valence-corrected chi connectivity index (χ3v) is 4.31. The molecular formula is C14H18BNO3. The van der Waals surface area contributed by atoms with Gasteiger partial charge in [0, 0.05) is 11.3 Å². The van der Waals surface area contributed by atoms with Crippen LogP contribution in [0.3, 0.4) is 0 Å². The molecule has 0 spiro atoms. The standard InChI is InChI=1S/C14H18BNO3/c1-13(2)14(3,4)19-15(18-13)9-5-6-11-10(7-9)12(17)8-16-11/h5-7,16H,8H2,1-4H3. The highest BCUT2D eigenvalue weighted by Crippen LogP contribution is 2.36. The maximum atomic E-state index is 11.7. The van der Waals surface area contributed by atoms with Gasteiger partial charge in [0.05, 0.1) is 17.7 Å². The molecule has 1 aromatic carbocycles. The number of rotatable bonds is 1. The van der Waals surface area contributed by atoms with Gasteiger partial charge >= 0.3 is 7.12 Å². The average Bonchev–Trinajstić information content (AvgIpc) is 2.78. The third kappa shape index (κ3) is 1.88. The summed E-state index contributed by atoms with van der Waals surface area (Å²) in [5.74, 6) is 0.119. The van der Waals surface area contributed by atoms with Crippen LogP contribution in [0.2, 0.25) is 0 Å². The van der Waals surface area contributed by atoms with Gasteiger partial charge in [-0.05, 0) is 45.3 Å². The van der Waals surface area contributed by atoms with Gasteiger partial charge in [-0.2, -0.15) is 0 Å². The SMILES string of the molecule is CC1(C)OB(c2ccc3c(c2)C(=O)CN3)OC1(C)C. The van der Waals surface area contributed by atoms with Gasteiger partial charge < -0.3 is 14.6 Å². The van der Waals surface area contributed by atoms with Crippen LogP contribution in [0.15, 0.2) is 18.2 Å². The van der Waals surface area contributed by atoms with E-state index in [4.69, 9.17) is 9.31 Å². The number of ketones is 1. The van der Waals surface area contributed by atoms with Crippen LogP contribution in [-0.4, -0.2) is 30.6 Å². The zero-order valence-electron chi connectivity index (χ0n) is 11.7. The van der Waals surface area contributed by atoms with Gasteiger partial charge in [0.25, 0.3) is 0 Å². The summed E-state index contributed by atoms with van der Waals surface area (Å²) in [7, 11) is -0.413. The minimum Gasteiger partial charge on any atom is -0.399 e. The molecule has 1 fully saturated rings. The predicted molar refractivity (Wildman–Crippen MR) is 75.0 cm³/mol. The minimum atomic E-state index is -0.413. The lowest BCUT2D eigenvalue weighted by molar-refractivity contribution is 0.00578. The molecule has 2 heterocycles. The largest absolute Gasteiger partial charge is 0.494 e. The predicted octanol–water partition coefficient (Wildman–Crippen LogP) is 1.59. The molecule has 2 aliphatic rings. The molecule has 0 aromatic heterocycles. The number of Topliss-reactive ketones (excluding diaryl/α,β-unsaturated/α-hetero) is 1. The van der Waals surface area contributed by atoms with Crippen LogP contribution < -0.4 is 10.8 Å². The van der Waals surface area contributed by atoms with Gasteiger partial charge in [-0.15, -0.1) is 0 Å². The lowest BCUT2D eigenvalue weighted by Gasteiger charge is -2.32. The Bertz CT molecular complexity index is 538. The number of hydrogen-bond donors (Lipinski definition) is 1. The first kappa shape index (κ1) is 12.7. The fourth-order valence-corrected chi connectivity index (χ4v) is 2.34. The molecule has 1 saturated heterocycles. The Balaban J connectivity index is 1.93. The number of fused-ring (bicyclic) bond motifs is 1. The molecule has 1 N–H and O–H groups in total. The first-order valence-corrected chi connectivity index (χ1v) is 6.57. The molecule has 3 rings (SSSR count). The fourth-order valence-electron chi connectivity index (χ4n) is 2.34. The van der Waals surface area contributed by atoms with Crippen molar-refractivity contribution in [3.63, 3.8) is 0 Å². The van der Waals surface area contributed by atoms with Crippen LogP contribution in [0.4, 0.5) is 5.69 Å². The van der Waals surface area contributed by atoms with Crippen molar-refractivity contribution in [2.45, 2.75) is 38.9 Å². The van der Waals surface area contributed by atoms with Crippen LogP contribution in [0.25, 0.3) is 0 Å². The smallest absolute Gasteiger partial charge is 0.399 e. The number of anilines is 1. The molecule has 100 valence electrons. The van der Waals surface area contributed by atoms with Gasteiger partial charge in [0.15, 0.2) is 5.78 Å². The molecule has 5 heteroatoms. The second-order valence-electron chi connectivity index (χ2n) is 6.17. The highest BCUT2D eigenvalue weighted by atomic mass is 16.7. The van der Waals surface area contributed by atoms with Crippen molar-refractivity contribution in [2.75, 3.05) is 11.9 Å². The molecule has 0 amide bonds. The van der Waals surface area contributed by atoms with E-state index in [2.05, 4.69) is 5.32 Å². The Morgan fingerprint density at radius 1 is 1.16 bits per heavy atom. The van der Waals surface area contributed by atoms with Gasteiger partial charge in [-0.1, -0.05) is 6.07 Å². The molecule has 19 heavy (non-hydrogen) atoms. The Kier molecular flexibility index (Phi) is 2.56. The van der Waals surface area contributed by atoms with E-state index >= 15 is 0 Å². The minimum absolute atomic E-state index is 0.119. The Labute approximate surface area is 113 Å². The molecule has 0 radical (unpaired) electrons. The molecular weight excluding hydrogens is 241 g/mol. The van der Waals surface area contributed by atoms with Crippen LogP contribution in [0, 0.1) is 0 Å². The molecule has 2 aliphatic heterocycles. The number of carbonyl (C=O) groups excluding carboxylic acids is 1. The van der Waals surface area contributed by atoms with Crippen LogP contribution in [0.5, 0.6) is 0 Å². The number of hydrogen-bond acceptors (Lipinski definition) is 4. The van der Waals surface area contributed by atoms with Crippen molar-refractivity contribution in [1.29, 1.82) is 0 Å². The van der Waals surface area contributed by atoms with Crippen LogP contribution >= 0.6 is 0 Å². The molecule has 4 nitrogen and oxygen atoms in total. The third-order valence-electron chi connectivity index (χ3n) is 4.31. The van der Waals surface area contributed by atoms with Crippen LogP contribution in [-0.2, 0) is 9.31 Å². The summed E-state index contributed by atoms with van der Waals surface area (Å²) in [6.45, 7) is 8.46. The van der Waals surface area contributed by atoms with Gasteiger partial charge in [-0.25, -0.2) is 0 Å². The van der Waals surface area contributed by atoms with E-state index in [1.165, 1.54) is 0 Å². The highest BCUT2D eigenvalue weighted by Gasteiger charge is 2.51. The van der Waals surface area contributed by atoms with Crippen molar-refractivity contribution in [2.24, 2.45) is 0 Å². The quantitative estimate of drug-likeness (QED) is 0.778. The Hall–Kier alpha value is -1.33. The van der Waals surface area contributed by atoms with E-state index in [1.807, 2.05) is 45.9 Å². The second kappa shape index (κ2) is 3.84. The zero-order valence-corrected chi connectivity index (χ0v) is 11.7. The van der Waals surface area contributed by atoms with E-state index in [-0.39, 0.29) is 17.0 Å². The Morgan fingerprint density at radius 2 is 1.79 bits per heavy atom. The first-order valence-electron chi connectivity index (χ1n) is 6.57. The molecule has 0 saturated carbocycles. The van der Waals surface area contributed by atoms with Gasteiger partial charge in [0.2, 0.25) is 0 Å². The van der Waals surface area contributed by atoms with E-state index in [9.17, 15) is 4.79 Å². The van der Waals surface area contributed by atoms with Gasteiger partial charge in [-0.3, -0.25) is 4.79 Å². The normalized spacial score (nSPS) is 23.4. The fraction of sp³-hybridized carbons (Fsp3) is 0.500. The summed E-state index contributed by atoms with van der Waals surface area (Å²) < 4.78 is 12.0. The van der Waals surface area contributed by atoms with Crippen molar-refractivity contribution in [3.05, 3.63) is 23.8 Å². The van der Waals surface area contributed by atoms with Crippen molar-refractivity contribution >= 4 is 24.1 Å². The monoisotopic (exact) mass is 259 g/mol. The van der Waals surface area contributed by atoms with E-state index in [0.717, 1.165) is 16.7 Å². The topological polar surface area (TPSA) is 47.6 Å². The number of nitrogens with one attached hydrogen (secondary N) is 1. The number of carbonyl (C=O) groups is 1. The summed E-state index contributed by atoms with van der Waals surface area (Å²) in [6.07, 6.45) is 0. The maximum absolute atomic E-state index is 11.7. The van der Waals surface area contributed by atoms with E-state index < -0.39 is 7.12 Å². The summed E-state index contributed by atoms with van der Waals surface area (Å²) in [4.78, 5) is 11.7. The van der Waals surface area contributed by atoms with Crippen LogP contribution in [0.1, 0.15) is 38.1 Å². The average molecular weight is 259 g/mol. The Morgan fingerprint density at radius 3 is 2.42 bits per heavy atom. The zero-order chi connectivity index (χ0) is 13.8. The van der Waals surface area contributed by atoms with Crippen molar-refractivity contribution in [1.82, 2.24) is 0 Å². The highest BCUT2D eigenvalue weighted by molar-refractivity contribution is 6.62. The summed E-state index contributed by atoms with van der Waals surface area (Å²) >= 11 is 0. The first-order chi connectivity index (χ1) is 8.80. The lowest BCUT2D eigenvalue weighted by Crippen LogP contribution is -2.41. The van der Waals surface area contributed by atoms with Gasteiger partial charge in [0.1, 0.15) is 0 Å². The number of benzene rings is 1.